The molecule has 1 N–H and O–H groups in total. The van der Waals surface area contributed by atoms with Gasteiger partial charge in [-0.15, -0.1) is 5.10 Å². The average molecular weight is 364 g/mol. The first-order chi connectivity index (χ1) is 13.0. The van der Waals surface area contributed by atoms with Crippen molar-refractivity contribution in [1.29, 1.82) is 0 Å². The molecule has 0 bridgehead atoms. The quantitative estimate of drug-likeness (QED) is 0.703. The number of aromatic nitrogens is 3. The van der Waals surface area contributed by atoms with Gasteiger partial charge in [0, 0.05) is 5.69 Å². The number of nitrogens with one attached hydrogen (secondary N) is 1. The molecule has 2 aromatic carbocycles. The van der Waals surface area contributed by atoms with Crippen molar-refractivity contribution in [3.63, 3.8) is 0 Å². The number of aryl methyl sites for hydroxylation is 1. The van der Waals surface area contributed by atoms with Crippen molar-refractivity contribution in [1.82, 2.24) is 15.0 Å². The molecule has 1 aromatic heterocycles. The molecule has 7 heteroatoms. The maximum atomic E-state index is 12.5. The Morgan fingerprint density at radius 3 is 2.33 bits per heavy atom. The van der Waals surface area contributed by atoms with Crippen LogP contribution in [0.15, 0.2) is 48.5 Å². The topological polar surface area (TPSA) is 86.1 Å². The Hall–Kier alpha value is -3.48. The lowest BCUT2D eigenvalue weighted by Crippen LogP contribution is -2.14. The van der Waals surface area contributed by atoms with E-state index in [-0.39, 0.29) is 11.6 Å². The molecule has 0 radical (unpaired) electrons. The van der Waals surface area contributed by atoms with Crippen LogP contribution in [0.1, 0.15) is 39.0 Å². The monoisotopic (exact) mass is 364 g/mol. The molecular formula is C20H20N4O3. The van der Waals surface area contributed by atoms with Gasteiger partial charge in [-0.05, 0) is 55.3 Å². The van der Waals surface area contributed by atoms with Crippen LogP contribution in [0.4, 0.5) is 5.69 Å². The summed E-state index contributed by atoms with van der Waals surface area (Å²) in [5.74, 6) is -0.796. The lowest BCUT2D eigenvalue weighted by molar-refractivity contribution is 0.0600. The SMILES string of the molecule is CCc1ccc(-n2nnc(C(=O)Nc3ccc(C(=O)OC)cc3)c2C)cc1. The summed E-state index contributed by atoms with van der Waals surface area (Å²) in [4.78, 5) is 24.0. The molecular weight excluding hydrogens is 344 g/mol. The fourth-order valence-electron chi connectivity index (χ4n) is 2.65. The highest BCUT2D eigenvalue weighted by Gasteiger charge is 2.17. The van der Waals surface area contributed by atoms with E-state index < -0.39 is 5.97 Å². The molecule has 27 heavy (non-hydrogen) atoms. The van der Waals surface area contributed by atoms with E-state index in [0.29, 0.717) is 16.9 Å². The van der Waals surface area contributed by atoms with Gasteiger partial charge in [-0.25, -0.2) is 9.48 Å². The van der Waals surface area contributed by atoms with Crippen LogP contribution in [-0.2, 0) is 11.2 Å². The fourth-order valence-corrected chi connectivity index (χ4v) is 2.65. The van der Waals surface area contributed by atoms with E-state index in [0.717, 1.165) is 12.1 Å². The minimum absolute atomic E-state index is 0.242. The number of carbonyl (C=O) groups excluding carboxylic acids is 2. The first-order valence-electron chi connectivity index (χ1n) is 8.54. The predicted octanol–water partition coefficient (Wildman–Crippen LogP) is 3.18. The molecule has 138 valence electrons. The summed E-state index contributed by atoms with van der Waals surface area (Å²) < 4.78 is 6.29. The smallest absolute Gasteiger partial charge is 0.337 e. The Morgan fingerprint density at radius 1 is 1.07 bits per heavy atom. The molecule has 1 heterocycles. The average Bonchev–Trinajstić information content (AvgIpc) is 3.09. The van der Waals surface area contributed by atoms with E-state index in [9.17, 15) is 9.59 Å². The van der Waals surface area contributed by atoms with E-state index >= 15 is 0 Å². The third-order valence-electron chi connectivity index (χ3n) is 4.26. The van der Waals surface area contributed by atoms with Crippen LogP contribution in [-0.4, -0.2) is 34.0 Å². The number of rotatable bonds is 5. The zero-order valence-electron chi connectivity index (χ0n) is 15.4. The van der Waals surface area contributed by atoms with Gasteiger partial charge in [0.15, 0.2) is 5.69 Å². The summed E-state index contributed by atoms with van der Waals surface area (Å²) in [6.07, 6.45) is 0.957. The van der Waals surface area contributed by atoms with Gasteiger partial charge in [0.1, 0.15) is 0 Å². The van der Waals surface area contributed by atoms with Crippen LogP contribution in [0.5, 0.6) is 0 Å². The van der Waals surface area contributed by atoms with E-state index in [1.165, 1.54) is 12.7 Å². The van der Waals surface area contributed by atoms with Crippen LogP contribution in [0, 0.1) is 6.92 Å². The van der Waals surface area contributed by atoms with E-state index in [2.05, 4.69) is 27.3 Å². The van der Waals surface area contributed by atoms with Crippen molar-refractivity contribution < 1.29 is 14.3 Å². The van der Waals surface area contributed by atoms with Crippen LogP contribution in [0.3, 0.4) is 0 Å². The Balaban J connectivity index is 1.77. The summed E-state index contributed by atoms with van der Waals surface area (Å²) in [7, 11) is 1.32. The van der Waals surface area contributed by atoms with Crippen molar-refractivity contribution >= 4 is 17.6 Å². The molecule has 0 spiro atoms. The first kappa shape index (κ1) is 18.3. The molecule has 1 amide bonds. The maximum absolute atomic E-state index is 12.5. The highest BCUT2D eigenvalue weighted by Crippen LogP contribution is 2.16. The predicted molar refractivity (Wildman–Crippen MR) is 101 cm³/mol. The van der Waals surface area contributed by atoms with Crippen LogP contribution in [0.25, 0.3) is 5.69 Å². The van der Waals surface area contributed by atoms with E-state index in [1.807, 2.05) is 24.3 Å². The molecule has 0 atom stereocenters. The van der Waals surface area contributed by atoms with Gasteiger partial charge >= 0.3 is 5.97 Å². The highest BCUT2D eigenvalue weighted by atomic mass is 16.5. The molecule has 0 fully saturated rings. The molecule has 7 nitrogen and oxygen atoms in total. The highest BCUT2D eigenvalue weighted by molar-refractivity contribution is 6.03. The number of methoxy groups -OCH3 is 1. The minimum Gasteiger partial charge on any atom is -0.465 e. The molecule has 3 rings (SSSR count). The molecule has 3 aromatic rings. The second kappa shape index (κ2) is 7.82. The Labute approximate surface area is 157 Å². The largest absolute Gasteiger partial charge is 0.465 e. The van der Waals surface area contributed by atoms with E-state index in [1.54, 1.807) is 35.9 Å². The molecule has 0 unspecified atom stereocenters. The summed E-state index contributed by atoms with van der Waals surface area (Å²) in [5, 5.41) is 10.9. The van der Waals surface area contributed by atoms with Crippen molar-refractivity contribution in [2.24, 2.45) is 0 Å². The van der Waals surface area contributed by atoms with Gasteiger partial charge in [-0.2, -0.15) is 0 Å². The zero-order valence-corrected chi connectivity index (χ0v) is 15.4. The van der Waals surface area contributed by atoms with Crippen LogP contribution >= 0.6 is 0 Å². The van der Waals surface area contributed by atoms with Crippen molar-refractivity contribution in [2.45, 2.75) is 20.3 Å². The number of carbonyl (C=O) groups is 2. The lowest BCUT2D eigenvalue weighted by atomic mass is 10.1. The number of hydrogen-bond donors (Lipinski definition) is 1. The molecule has 0 saturated carbocycles. The Morgan fingerprint density at radius 2 is 1.74 bits per heavy atom. The van der Waals surface area contributed by atoms with E-state index in [4.69, 9.17) is 0 Å². The maximum Gasteiger partial charge on any atom is 0.337 e. The van der Waals surface area contributed by atoms with Gasteiger partial charge < -0.3 is 10.1 Å². The summed E-state index contributed by atoms with van der Waals surface area (Å²) in [6, 6.07) is 14.4. The third-order valence-corrected chi connectivity index (χ3v) is 4.26. The number of anilines is 1. The Bertz CT molecular complexity index is 960. The zero-order chi connectivity index (χ0) is 19.4. The second-order valence-corrected chi connectivity index (χ2v) is 5.98. The lowest BCUT2D eigenvalue weighted by Gasteiger charge is -2.06. The van der Waals surface area contributed by atoms with Gasteiger partial charge in [-0.1, -0.05) is 24.3 Å². The standard InChI is InChI=1S/C20H20N4O3/c1-4-14-5-11-17(12-6-14)24-13(2)18(22-23-24)19(25)21-16-9-7-15(8-10-16)20(26)27-3/h5-12H,4H2,1-3H3,(H,21,25). The number of hydrogen-bond acceptors (Lipinski definition) is 5. The summed E-state index contributed by atoms with van der Waals surface area (Å²) in [5.41, 5.74) is 3.92. The molecule has 0 aliphatic carbocycles. The molecule has 0 saturated heterocycles. The van der Waals surface area contributed by atoms with Crippen molar-refractivity contribution in [3.8, 4) is 5.69 Å². The van der Waals surface area contributed by atoms with Crippen molar-refractivity contribution in [3.05, 3.63) is 71.0 Å². The fraction of sp³-hybridized carbons (Fsp3) is 0.200. The van der Waals surface area contributed by atoms with Crippen molar-refractivity contribution in [2.75, 3.05) is 12.4 Å². The van der Waals surface area contributed by atoms with Gasteiger partial charge in [0.05, 0.1) is 24.1 Å². The Kier molecular flexibility index (Phi) is 5.30. The number of esters is 1. The molecule has 0 aliphatic heterocycles. The normalized spacial score (nSPS) is 10.5. The summed E-state index contributed by atoms with van der Waals surface area (Å²) in [6.45, 7) is 3.89. The number of ether oxygens (including phenoxy) is 1. The first-order valence-corrected chi connectivity index (χ1v) is 8.54. The third kappa shape index (κ3) is 3.87. The molecule has 0 aliphatic rings. The van der Waals surface area contributed by atoms with Crippen LogP contribution < -0.4 is 5.32 Å². The number of amides is 1. The van der Waals surface area contributed by atoms with Gasteiger partial charge in [-0.3, -0.25) is 4.79 Å². The van der Waals surface area contributed by atoms with Crippen LogP contribution in [0.2, 0.25) is 0 Å². The number of benzene rings is 2. The minimum atomic E-state index is -0.430. The van der Waals surface area contributed by atoms with Gasteiger partial charge in [0.25, 0.3) is 5.91 Å². The second-order valence-electron chi connectivity index (χ2n) is 5.98. The number of nitrogens with zero attached hydrogens (tertiary/aromatic N) is 3. The summed E-state index contributed by atoms with van der Waals surface area (Å²) >= 11 is 0. The van der Waals surface area contributed by atoms with Gasteiger partial charge in [0.2, 0.25) is 0 Å².